The molecule has 0 bridgehead atoms. The van der Waals surface area contributed by atoms with E-state index in [4.69, 9.17) is 0 Å². The summed E-state index contributed by atoms with van der Waals surface area (Å²) >= 11 is 0. The Morgan fingerprint density at radius 3 is 2.84 bits per heavy atom. The van der Waals surface area contributed by atoms with E-state index in [0.717, 1.165) is 12.8 Å². The number of nitrogens with zero attached hydrogens (tertiary/aromatic N) is 2. The molecule has 2 heterocycles. The van der Waals surface area contributed by atoms with Crippen molar-refractivity contribution >= 4 is 11.7 Å². The Bertz CT molecular complexity index is 456. The lowest BCUT2D eigenvalue weighted by Crippen LogP contribution is -2.38. The molecule has 104 valence electrons. The molecule has 2 rings (SSSR count). The molecule has 0 unspecified atom stereocenters. The average Bonchev–Trinajstić information content (AvgIpc) is 2.41. The SMILES string of the molecule is CCNc1nccc(C(=O)N2CCC(C)CC2)c1F. The normalized spacial score (nSPS) is 16.5. The van der Waals surface area contributed by atoms with E-state index in [9.17, 15) is 9.18 Å². The van der Waals surface area contributed by atoms with Crippen LogP contribution in [0.3, 0.4) is 0 Å². The number of hydrogen-bond donors (Lipinski definition) is 1. The Labute approximate surface area is 113 Å². The van der Waals surface area contributed by atoms with Crippen molar-refractivity contribution in [2.45, 2.75) is 26.7 Å². The molecular formula is C14H20FN3O. The van der Waals surface area contributed by atoms with Crippen LogP contribution in [0.5, 0.6) is 0 Å². The molecule has 19 heavy (non-hydrogen) atoms. The van der Waals surface area contributed by atoms with Gasteiger partial charge in [0.1, 0.15) is 0 Å². The quantitative estimate of drug-likeness (QED) is 0.913. The Hall–Kier alpha value is -1.65. The summed E-state index contributed by atoms with van der Waals surface area (Å²) < 4.78 is 14.2. The summed E-state index contributed by atoms with van der Waals surface area (Å²) in [5, 5.41) is 2.82. The fraction of sp³-hybridized carbons (Fsp3) is 0.571. The first-order valence-corrected chi connectivity index (χ1v) is 6.81. The maximum absolute atomic E-state index is 14.2. The van der Waals surface area contributed by atoms with E-state index in [1.807, 2.05) is 6.92 Å². The molecule has 1 aliphatic heterocycles. The van der Waals surface area contributed by atoms with Crippen LogP contribution in [-0.4, -0.2) is 35.4 Å². The molecule has 1 saturated heterocycles. The van der Waals surface area contributed by atoms with Crippen LogP contribution < -0.4 is 5.32 Å². The third-order valence-electron chi connectivity index (χ3n) is 3.53. The summed E-state index contributed by atoms with van der Waals surface area (Å²) in [5.41, 5.74) is 0.112. The molecule has 5 heteroatoms. The van der Waals surface area contributed by atoms with Crippen molar-refractivity contribution in [3.05, 3.63) is 23.6 Å². The minimum Gasteiger partial charge on any atom is -0.368 e. The maximum Gasteiger partial charge on any atom is 0.257 e. The largest absolute Gasteiger partial charge is 0.368 e. The predicted octanol–water partition coefficient (Wildman–Crippen LogP) is 2.52. The van der Waals surface area contributed by atoms with Crippen molar-refractivity contribution < 1.29 is 9.18 Å². The summed E-state index contributed by atoms with van der Waals surface area (Å²) in [7, 11) is 0. The molecular weight excluding hydrogens is 245 g/mol. The van der Waals surface area contributed by atoms with Crippen molar-refractivity contribution in [2.75, 3.05) is 25.0 Å². The molecule has 0 spiro atoms. The van der Waals surface area contributed by atoms with Gasteiger partial charge in [-0.1, -0.05) is 6.92 Å². The van der Waals surface area contributed by atoms with E-state index in [2.05, 4.69) is 17.2 Å². The van der Waals surface area contributed by atoms with Crippen LogP contribution in [0.15, 0.2) is 12.3 Å². The van der Waals surface area contributed by atoms with Gasteiger partial charge in [-0.2, -0.15) is 0 Å². The monoisotopic (exact) mass is 265 g/mol. The van der Waals surface area contributed by atoms with Gasteiger partial charge in [0.2, 0.25) is 0 Å². The number of amides is 1. The lowest BCUT2D eigenvalue weighted by Gasteiger charge is -2.30. The highest BCUT2D eigenvalue weighted by molar-refractivity contribution is 5.95. The third-order valence-corrected chi connectivity index (χ3v) is 3.53. The second-order valence-corrected chi connectivity index (χ2v) is 5.03. The number of anilines is 1. The molecule has 1 fully saturated rings. The zero-order chi connectivity index (χ0) is 13.8. The number of nitrogens with one attached hydrogen (secondary N) is 1. The maximum atomic E-state index is 14.2. The number of hydrogen-bond acceptors (Lipinski definition) is 3. The minimum absolute atomic E-state index is 0.112. The van der Waals surface area contributed by atoms with Gasteiger partial charge in [-0.25, -0.2) is 9.37 Å². The molecule has 0 saturated carbocycles. The van der Waals surface area contributed by atoms with Gasteiger partial charge in [0.15, 0.2) is 11.6 Å². The molecule has 0 aliphatic carbocycles. The number of halogens is 1. The van der Waals surface area contributed by atoms with Gasteiger partial charge in [-0.05, 0) is 31.7 Å². The van der Waals surface area contributed by atoms with Gasteiger partial charge >= 0.3 is 0 Å². The molecule has 1 aromatic heterocycles. The van der Waals surface area contributed by atoms with Crippen LogP contribution in [0.2, 0.25) is 0 Å². The number of carbonyl (C=O) groups excluding carboxylic acids is 1. The molecule has 0 atom stereocenters. The first-order valence-electron chi connectivity index (χ1n) is 6.81. The molecule has 1 aromatic rings. The summed E-state index contributed by atoms with van der Waals surface area (Å²) in [4.78, 5) is 18.0. The van der Waals surface area contributed by atoms with Crippen LogP contribution in [0, 0.1) is 11.7 Å². The number of pyridine rings is 1. The van der Waals surface area contributed by atoms with Crippen molar-refractivity contribution in [1.82, 2.24) is 9.88 Å². The first-order chi connectivity index (χ1) is 9.13. The highest BCUT2D eigenvalue weighted by Gasteiger charge is 2.24. The second kappa shape index (κ2) is 5.99. The van der Waals surface area contributed by atoms with Gasteiger partial charge in [-0.3, -0.25) is 4.79 Å². The molecule has 0 radical (unpaired) electrons. The highest BCUT2D eigenvalue weighted by Crippen LogP contribution is 2.21. The van der Waals surface area contributed by atoms with E-state index in [0.29, 0.717) is 25.6 Å². The van der Waals surface area contributed by atoms with Gasteiger partial charge in [0.25, 0.3) is 5.91 Å². The van der Waals surface area contributed by atoms with Crippen LogP contribution in [0.4, 0.5) is 10.2 Å². The van der Waals surface area contributed by atoms with Gasteiger partial charge in [-0.15, -0.1) is 0 Å². The number of likely N-dealkylation sites (tertiary alicyclic amines) is 1. The average molecular weight is 265 g/mol. The van der Waals surface area contributed by atoms with Crippen molar-refractivity contribution in [1.29, 1.82) is 0 Å². The van der Waals surface area contributed by atoms with E-state index in [1.54, 1.807) is 4.90 Å². The van der Waals surface area contributed by atoms with Crippen LogP contribution in [-0.2, 0) is 0 Å². The van der Waals surface area contributed by atoms with Crippen molar-refractivity contribution in [2.24, 2.45) is 5.92 Å². The Kier molecular flexibility index (Phi) is 4.35. The lowest BCUT2D eigenvalue weighted by molar-refractivity contribution is 0.0692. The fourth-order valence-electron chi connectivity index (χ4n) is 2.28. The smallest absolute Gasteiger partial charge is 0.257 e. The Morgan fingerprint density at radius 1 is 1.53 bits per heavy atom. The van der Waals surface area contributed by atoms with Crippen molar-refractivity contribution in [3.63, 3.8) is 0 Å². The highest BCUT2D eigenvalue weighted by atomic mass is 19.1. The minimum atomic E-state index is -0.548. The predicted molar refractivity (Wildman–Crippen MR) is 72.7 cm³/mol. The van der Waals surface area contributed by atoms with Gasteiger partial charge in [0.05, 0.1) is 5.56 Å². The van der Waals surface area contributed by atoms with Crippen LogP contribution in [0.25, 0.3) is 0 Å². The standard InChI is InChI=1S/C14H20FN3O/c1-3-16-13-12(15)11(4-7-17-13)14(19)18-8-5-10(2)6-9-18/h4,7,10H,3,5-6,8-9H2,1-2H3,(H,16,17). The fourth-order valence-corrected chi connectivity index (χ4v) is 2.28. The Morgan fingerprint density at radius 2 is 2.21 bits per heavy atom. The zero-order valence-electron chi connectivity index (χ0n) is 11.4. The summed E-state index contributed by atoms with van der Waals surface area (Å²) in [6.07, 6.45) is 3.44. The van der Waals surface area contributed by atoms with E-state index in [-0.39, 0.29) is 17.3 Å². The third kappa shape index (κ3) is 3.03. The van der Waals surface area contributed by atoms with E-state index < -0.39 is 5.82 Å². The summed E-state index contributed by atoms with van der Waals surface area (Å²) in [5.74, 6) is 0.0151. The van der Waals surface area contributed by atoms with Gasteiger partial charge < -0.3 is 10.2 Å². The van der Waals surface area contributed by atoms with E-state index in [1.165, 1.54) is 12.3 Å². The lowest BCUT2D eigenvalue weighted by atomic mass is 9.98. The summed E-state index contributed by atoms with van der Waals surface area (Å²) in [6.45, 7) is 6.03. The Balaban J connectivity index is 2.17. The second-order valence-electron chi connectivity index (χ2n) is 5.03. The van der Waals surface area contributed by atoms with Gasteiger partial charge in [0, 0.05) is 25.8 Å². The molecule has 1 aliphatic rings. The summed E-state index contributed by atoms with van der Waals surface area (Å²) in [6, 6.07) is 1.45. The number of aromatic nitrogens is 1. The topological polar surface area (TPSA) is 45.2 Å². The van der Waals surface area contributed by atoms with Crippen LogP contribution >= 0.6 is 0 Å². The first kappa shape index (κ1) is 13.8. The van der Waals surface area contributed by atoms with E-state index >= 15 is 0 Å². The molecule has 1 amide bonds. The van der Waals surface area contributed by atoms with Crippen LogP contribution in [0.1, 0.15) is 37.0 Å². The molecule has 1 N–H and O–H groups in total. The zero-order valence-corrected chi connectivity index (χ0v) is 11.4. The number of piperidine rings is 1. The number of rotatable bonds is 3. The number of carbonyl (C=O) groups is 1. The molecule has 0 aromatic carbocycles. The van der Waals surface area contributed by atoms with Crippen molar-refractivity contribution in [3.8, 4) is 0 Å². The molecule has 4 nitrogen and oxygen atoms in total.